The minimum absolute atomic E-state index is 0.0547. The molecule has 1 unspecified atom stereocenters. The molecule has 2 heterocycles. The minimum Gasteiger partial charge on any atom is -0.264 e. The van der Waals surface area contributed by atoms with Crippen molar-refractivity contribution in [3.63, 3.8) is 0 Å². The normalized spacial score (nSPS) is 19.9. The molecule has 2 nitrogen and oxygen atoms in total. The first kappa shape index (κ1) is 23.3. The van der Waals surface area contributed by atoms with Crippen molar-refractivity contribution in [2.45, 2.75) is 58.8 Å². The number of pyridine rings is 2. The van der Waals surface area contributed by atoms with Crippen molar-refractivity contribution in [3.8, 4) is 22.3 Å². The van der Waals surface area contributed by atoms with Gasteiger partial charge in [-0.2, -0.15) is 0 Å². The lowest BCUT2D eigenvalue weighted by Crippen LogP contribution is -2.25. The number of hydrogen-bond acceptors (Lipinski definition) is 2. The van der Waals surface area contributed by atoms with Gasteiger partial charge in [-0.25, -0.2) is 0 Å². The van der Waals surface area contributed by atoms with Gasteiger partial charge in [0.1, 0.15) is 0 Å². The van der Waals surface area contributed by atoms with Gasteiger partial charge in [0, 0.05) is 35.8 Å². The van der Waals surface area contributed by atoms with E-state index in [9.17, 15) is 0 Å². The van der Waals surface area contributed by atoms with Crippen LogP contribution >= 0.6 is 0 Å². The van der Waals surface area contributed by atoms with Gasteiger partial charge in [-0.15, -0.1) is 0 Å². The Hall–Kier alpha value is -3.78. The molecular formula is C36H34N2. The quantitative estimate of drug-likeness (QED) is 0.278. The van der Waals surface area contributed by atoms with Gasteiger partial charge in [-0.3, -0.25) is 9.97 Å². The number of rotatable bonds is 2. The molecule has 1 atom stereocenters. The van der Waals surface area contributed by atoms with E-state index in [1.807, 2.05) is 36.9 Å². The van der Waals surface area contributed by atoms with Crippen molar-refractivity contribution < 1.29 is 0 Å². The molecule has 38 heavy (non-hydrogen) atoms. The predicted molar refractivity (Wildman–Crippen MR) is 158 cm³/mol. The first-order valence-electron chi connectivity index (χ1n) is 13.7. The molecule has 3 aliphatic carbocycles. The Kier molecular flexibility index (Phi) is 4.83. The fraction of sp³-hybridized carbons (Fsp3) is 0.278. The molecule has 0 saturated carbocycles. The van der Waals surface area contributed by atoms with Crippen molar-refractivity contribution in [1.82, 2.24) is 9.97 Å². The molecule has 0 spiro atoms. The van der Waals surface area contributed by atoms with Crippen LogP contribution < -0.4 is 0 Å². The van der Waals surface area contributed by atoms with Gasteiger partial charge < -0.3 is 0 Å². The van der Waals surface area contributed by atoms with Gasteiger partial charge in [0.25, 0.3) is 0 Å². The van der Waals surface area contributed by atoms with E-state index >= 15 is 0 Å². The first-order chi connectivity index (χ1) is 18.2. The number of fused-ring (bicyclic) bond motifs is 6. The second kappa shape index (κ2) is 7.86. The fourth-order valence-corrected chi connectivity index (χ4v) is 7.51. The van der Waals surface area contributed by atoms with Gasteiger partial charge in [0.2, 0.25) is 0 Å². The SMILES string of the molecule is CC1=C2c3cc4c(cc3C(C)(C)C2CC(c2cccnc2)=C1)-c1c(C)cc(-c2cccnc2)cc1C4(C)C. The molecule has 0 amide bonds. The van der Waals surface area contributed by atoms with Gasteiger partial charge in [0.15, 0.2) is 0 Å². The predicted octanol–water partition coefficient (Wildman–Crippen LogP) is 8.93. The Morgan fingerprint density at radius 1 is 0.737 bits per heavy atom. The molecule has 0 bridgehead atoms. The van der Waals surface area contributed by atoms with Crippen molar-refractivity contribution >= 4 is 11.1 Å². The molecule has 0 aliphatic heterocycles. The van der Waals surface area contributed by atoms with Gasteiger partial charge in [-0.1, -0.05) is 52.0 Å². The van der Waals surface area contributed by atoms with Gasteiger partial charge in [0.05, 0.1) is 0 Å². The van der Waals surface area contributed by atoms with E-state index in [0.29, 0.717) is 5.92 Å². The zero-order valence-corrected chi connectivity index (χ0v) is 23.2. The largest absolute Gasteiger partial charge is 0.264 e. The summed E-state index contributed by atoms with van der Waals surface area (Å²) in [6, 6.07) is 18.3. The van der Waals surface area contributed by atoms with E-state index in [2.05, 4.69) is 94.0 Å². The standard InChI is InChI=1S/C36H34N2/c1-21-13-25(23-9-7-11-37-19-23)15-31-33(21)27-17-30-28(18-29(27)35(31,3)4)34-22(2)14-26(16-32(34)36(30,5)6)24-10-8-12-38-20-24/h7-15,17-20,32H,16H2,1-6H3. The smallest absolute Gasteiger partial charge is 0.0346 e. The number of benzene rings is 2. The van der Waals surface area contributed by atoms with Crippen LogP contribution in [0.3, 0.4) is 0 Å². The lowest BCUT2D eigenvalue weighted by Gasteiger charge is -2.33. The molecule has 0 N–H and O–H groups in total. The highest BCUT2D eigenvalue weighted by Gasteiger charge is 2.47. The minimum atomic E-state index is -0.0647. The lowest BCUT2D eigenvalue weighted by molar-refractivity contribution is 0.417. The van der Waals surface area contributed by atoms with Crippen LogP contribution in [0.5, 0.6) is 0 Å². The topological polar surface area (TPSA) is 25.8 Å². The van der Waals surface area contributed by atoms with Gasteiger partial charge >= 0.3 is 0 Å². The highest BCUT2D eigenvalue weighted by atomic mass is 14.6. The molecular weight excluding hydrogens is 460 g/mol. The molecule has 2 heteroatoms. The zero-order chi connectivity index (χ0) is 26.4. The summed E-state index contributed by atoms with van der Waals surface area (Å²) in [7, 11) is 0. The third-order valence-corrected chi connectivity index (χ3v) is 9.58. The van der Waals surface area contributed by atoms with E-state index < -0.39 is 0 Å². The maximum absolute atomic E-state index is 4.40. The van der Waals surface area contributed by atoms with E-state index in [1.165, 1.54) is 66.8 Å². The summed E-state index contributed by atoms with van der Waals surface area (Å²) in [5.41, 5.74) is 18.0. The Balaban J connectivity index is 1.41. The average molecular weight is 495 g/mol. The number of hydrogen-bond donors (Lipinski definition) is 0. The highest BCUT2D eigenvalue weighted by molar-refractivity contribution is 5.93. The molecule has 0 radical (unpaired) electrons. The second-order valence-electron chi connectivity index (χ2n) is 12.5. The summed E-state index contributed by atoms with van der Waals surface area (Å²) in [6.45, 7) is 14.3. The summed E-state index contributed by atoms with van der Waals surface area (Å²) in [5, 5.41) is 0. The maximum Gasteiger partial charge on any atom is 0.0346 e. The van der Waals surface area contributed by atoms with Gasteiger partial charge in [-0.05, 0) is 129 Å². The van der Waals surface area contributed by atoms with Crippen molar-refractivity contribution in [2.24, 2.45) is 5.92 Å². The second-order valence-corrected chi connectivity index (χ2v) is 12.5. The Morgan fingerprint density at radius 3 is 2.11 bits per heavy atom. The summed E-state index contributed by atoms with van der Waals surface area (Å²) >= 11 is 0. The molecule has 2 aromatic carbocycles. The van der Waals surface area contributed by atoms with Crippen LogP contribution in [0.2, 0.25) is 0 Å². The molecule has 2 aromatic heterocycles. The van der Waals surface area contributed by atoms with E-state index in [-0.39, 0.29) is 10.8 Å². The van der Waals surface area contributed by atoms with E-state index in [0.717, 1.165) is 6.42 Å². The van der Waals surface area contributed by atoms with Crippen LogP contribution in [0, 0.1) is 12.8 Å². The zero-order valence-electron chi connectivity index (χ0n) is 23.2. The third-order valence-electron chi connectivity index (χ3n) is 9.58. The average Bonchev–Trinajstić information content (AvgIpc) is 3.28. The number of nitrogens with zero attached hydrogens (tertiary/aromatic N) is 2. The van der Waals surface area contributed by atoms with Crippen LogP contribution in [0.4, 0.5) is 0 Å². The summed E-state index contributed by atoms with van der Waals surface area (Å²) < 4.78 is 0. The lowest BCUT2D eigenvalue weighted by atomic mass is 9.71. The van der Waals surface area contributed by atoms with E-state index in [4.69, 9.17) is 0 Å². The monoisotopic (exact) mass is 494 g/mol. The third kappa shape index (κ3) is 3.13. The van der Waals surface area contributed by atoms with Crippen LogP contribution in [0.25, 0.3) is 33.4 Å². The van der Waals surface area contributed by atoms with Crippen molar-refractivity contribution in [3.05, 3.63) is 118 Å². The Labute approximate surface area is 226 Å². The highest BCUT2D eigenvalue weighted by Crippen LogP contribution is 2.60. The van der Waals surface area contributed by atoms with E-state index in [1.54, 1.807) is 5.57 Å². The summed E-state index contributed by atoms with van der Waals surface area (Å²) in [6.07, 6.45) is 11.1. The number of allylic oxidation sites excluding steroid dienone is 4. The van der Waals surface area contributed by atoms with Crippen molar-refractivity contribution in [2.75, 3.05) is 0 Å². The number of aryl methyl sites for hydroxylation is 1. The molecule has 3 aliphatic rings. The molecule has 188 valence electrons. The molecule has 7 rings (SSSR count). The Bertz CT molecular complexity index is 1680. The summed E-state index contributed by atoms with van der Waals surface area (Å²) in [5.74, 6) is 0.469. The van der Waals surface area contributed by atoms with Crippen LogP contribution in [0.1, 0.15) is 74.4 Å². The van der Waals surface area contributed by atoms with Crippen molar-refractivity contribution in [1.29, 1.82) is 0 Å². The Morgan fingerprint density at radius 2 is 1.42 bits per heavy atom. The van der Waals surface area contributed by atoms with Crippen LogP contribution in [-0.2, 0) is 10.8 Å². The maximum atomic E-state index is 4.40. The summed E-state index contributed by atoms with van der Waals surface area (Å²) in [4.78, 5) is 8.77. The molecule has 0 fully saturated rings. The fourth-order valence-electron chi connectivity index (χ4n) is 7.51. The number of aromatic nitrogens is 2. The van der Waals surface area contributed by atoms with Crippen LogP contribution in [-0.4, -0.2) is 9.97 Å². The van der Waals surface area contributed by atoms with Crippen LogP contribution in [0.15, 0.2) is 85.0 Å². The molecule has 0 saturated heterocycles. The molecule has 4 aromatic rings. The first-order valence-corrected chi connectivity index (χ1v) is 13.7.